The third-order valence-electron chi connectivity index (χ3n) is 8.69. The van der Waals surface area contributed by atoms with Gasteiger partial charge in [-0.1, -0.05) is 79.7 Å². The Balaban J connectivity index is 1.73. The molecule has 0 aromatic heterocycles. The van der Waals surface area contributed by atoms with Crippen LogP contribution in [-0.4, -0.2) is 5.78 Å². The molecule has 1 heteroatoms. The second-order valence-electron chi connectivity index (χ2n) is 9.41. The van der Waals surface area contributed by atoms with Gasteiger partial charge in [-0.15, -0.1) is 0 Å². The normalized spacial score (nSPS) is 40.3. The Hall–Kier alpha value is -2.41. The van der Waals surface area contributed by atoms with E-state index in [1.54, 1.807) is 0 Å². The molecular weight excluding hydrogens is 340 g/mol. The average Bonchev–Trinajstić information content (AvgIpc) is 2.90. The summed E-state index contributed by atoms with van der Waals surface area (Å²) in [5.74, 6) is 2.52. The number of carbonyl (C=O) groups is 1. The maximum absolute atomic E-state index is 14.0. The molecule has 140 valence electrons. The SMILES string of the molecule is CC1=C(c2ccccc2)[C@]2(c3ccccc3)[C@H]3C=C[C@@H]([C@@H]4CC[C@H]43)[C@]2(C)C1=O. The maximum Gasteiger partial charge on any atom is 0.166 e. The minimum Gasteiger partial charge on any atom is -0.294 e. The van der Waals surface area contributed by atoms with E-state index in [2.05, 4.69) is 86.7 Å². The van der Waals surface area contributed by atoms with Crippen molar-refractivity contribution in [2.24, 2.45) is 29.1 Å². The van der Waals surface area contributed by atoms with Crippen LogP contribution in [0.25, 0.3) is 5.57 Å². The van der Waals surface area contributed by atoms with Gasteiger partial charge >= 0.3 is 0 Å². The van der Waals surface area contributed by atoms with Gasteiger partial charge in [0, 0.05) is 5.41 Å². The summed E-state index contributed by atoms with van der Waals surface area (Å²) in [5.41, 5.74) is 4.18. The molecule has 0 aliphatic heterocycles. The van der Waals surface area contributed by atoms with Gasteiger partial charge in [0.2, 0.25) is 0 Å². The Morgan fingerprint density at radius 1 is 0.821 bits per heavy atom. The lowest BCUT2D eigenvalue weighted by Crippen LogP contribution is -2.66. The number of benzene rings is 2. The molecule has 5 aliphatic carbocycles. The first-order valence-corrected chi connectivity index (χ1v) is 10.7. The highest BCUT2D eigenvalue weighted by Gasteiger charge is 2.74. The summed E-state index contributed by atoms with van der Waals surface area (Å²) in [5, 5.41) is 0. The second-order valence-corrected chi connectivity index (χ2v) is 9.41. The van der Waals surface area contributed by atoms with E-state index < -0.39 is 0 Å². The molecule has 0 saturated heterocycles. The summed E-state index contributed by atoms with van der Waals surface area (Å²) in [6, 6.07) is 21.6. The van der Waals surface area contributed by atoms with Crippen molar-refractivity contribution in [3.63, 3.8) is 0 Å². The molecule has 2 aromatic carbocycles. The fourth-order valence-corrected chi connectivity index (χ4v) is 7.61. The van der Waals surface area contributed by atoms with E-state index in [1.165, 1.54) is 29.5 Å². The van der Waals surface area contributed by atoms with Crippen molar-refractivity contribution in [1.82, 2.24) is 0 Å². The van der Waals surface area contributed by atoms with E-state index in [-0.39, 0.29) is 10.8 Å². The highest BCUT2D eigenvalue weighted by atomic mass is 16.1. The summed E-state index contributed by atoms with van der Waals surface area (Å²) in [7, 11) is 0. The van der Waals surface area contributed by atoms with Crippen molar-refractivity contribution in [3.05, 3.63) is 89.5 Å². The second kappa shape index (κ2) is 5.35. The number of ketones is 1. The van der Waals surface area contributed by atoms with Crippen LogP contribution in [0.5, 0.6) is 0 Å². The van der Waals surface area contributed by atoms with Gasteiger partial charge in [0.05, 0.1) is 5.41 Å². The van der Waals surface area contributed by atoms with Crippen LogP contribution in [0.3, 0.4) is 0 Å². The molecule has 0 N–H and O–H groups in total. The molecule has 28 heavy (non-hydrogen) atoms. The summed E-state index contributed by atoms with van der Waals surface area (Å²) in [4.78, 5) is 14.0. The van der Waals surface area contributed by atoms with Gasteiger partial charge in [-0.05, 0) is 65.7 Å². The van der Waals surface area contributed by atoms with E-state index in [4.69, 9.17) is 0 Å². The number of hydrogen-bond acceptors (Lipinski definition) is 1. The van der Waals surface area contributed by atoms with Gasteiger partial charge in [0.1, 0.15) is 0 Å². The lowest BCUT2D eigenvalue weighted by molar-refractivity contribution is -0.146. The number of hydrogen-bond donors (Lipinski definition) is 0. The lowest BCUT2D eigenvalue weighted by Gasteiger charge is -2.67. The zero-order valence-electron chi connectivity index (χ0n) is 16.6. The summed E-state index contributed by atoms with van der Waals surface area (Å²) < 4.78 is 0. The Labute approximate surface area is 167 Å². The van der Waals surface area contributed by atoms with E-state index in [1.807, 2.05) is 0 Å². The molecule has 2 fully saturated rings. The minimum absolute atomic E-state index is 0.252. The predicted molar refractivity (Wildman–Crippen MR) is 113 cm³/mol. The third-order valence-corrected chi connectivity index (χ3v) is 8.69. The molecule has 2 bridgehead atoms. The van der Waals surface area contributed by atoms with Crippen LogP contribution in [0.4, 0.5) is 0 Å². The molecule has 1 nitrogen and oxygen atoms in total. The molecule has 0 spiro atoms. The van der Waals surface area contributed by atoms with Gasteiger partial charge in [-0.3, -0.25) is 4.79 Å². The topological polar surface area (TPSA) is 17.1 Å². The van der Waals surface area contributed by atoms with E-state index in [0.717, 1.165) is 5.57 Å². The van der Waals surface area contributed by atoms with Crippen molar-refractivity contribution in [2.45, 2.75) is 32.1 Å². The van der Waals surface area contributed by atoms with Crippen LogP contribution in [0, 0.1) is 29.1 Å². The van der Waals surface area contributed by atoms with Crippen molar-refractivity contribution in [3.8, 4) is 0 Å². The number of allylic oxidation sites excluding steroid dienone is 4. The lowest BCUT2D eigenvalue weighted by atomic mass is 9.34. The first kappa shape index (κ1) is 16.5. The van der Waals surface area contributed by atoms with Crippen LogP contribution >= 0.6 is 0 Å². The molecule has 0 unspecified atom stereocenters. The van der Waals surface area contributed by atoms with Gasteiger partial charge in [0.25, 0.3) is 0 Å². The Morgan fingerprint density at radius 3 is 2.04 bits per heavy atom. The monoisotopic (exact) mass is 366 g/mol. The molecule has 0 amide bonds. The molecule has 0 heterocycles. The fraction of sp³-hybridized carbons (Fsp3) is 0.370. The molecule has 7 rings (SSSR count). The van der Waals surface area contributed by atoms with Crippen LogP contribution in [0.1, 0.15) is 37.8 Å². The first-order valence-electron chi connectivity index (χ1n) is 10.7. The predicted octanol–water partition coefficient (Wildman–Crippen LogP) is 5.83. The Kier molecular flexibility index (Phi) is 3.16. The van der Waals surface area contributed by atoms with Crippen molar-refractivity contribution < 1.29 is 4.79 Å². The number of Topliss-reactive ketones (excluding diaryl/α,β-unsaturated/α-hetero) is 1. The number of carbonyl (C=O) groups excluding carboxylic acids is 1. The highest BCUT2D eigenvalue weighted by molar-refractivity contribution is 6.15. The van der Waals surface area contributed by atoms with E-state index in [9.17, 15) is 4.79 Å². The van der Waals surface area contributed by atoms with Gasteiger partial charge < -0.3 is 0 Å². The van der Waals surface area contributed by atoms with Crippen molar-refractivity contribution >= 4 is 11.4 Å². The van der Waals surface area contributed by atoms with Gasteiger partial charge in [-0.2, -0.15) is 0 Å². The minimum atomic E-state index is -0.384. The quantitative estimate of drug-likeness (QED) is 0.611. The van der Waals surface area contributed by atoms with E-state index >= 15 is 0 Å². The van der Waals surface area contributed by atoms with Crippen LogP contribution < -0.4 is 0 Å². The molecule has 6 atom stereocenters. The molecule has 5 aliphatic rings. The molecule has 0 radical (unpaired) electrons. The largest absolute Gasteiger partial charge is 0.294 e. The molecular formula is C27H26O. The zero-order chi connectivity index (χ0) is 19.1. The summed E-state index contributed by atoms with van der Waals surface area (Å²) >= 11 is 0. The van der Waals surface area contributed by atoms with E-state index in [0.29, 0.717) is 29.5 Å². The summed E-state index contributed by atoms with van der Waals surface area (Å²) in [6.45, 7) is 4.37. The third kappa shape index (κ3) is 1.61. The average molecular weight is 367 g/mol. The van der Waals surface area contributed by atoms with Crippen LogP contribution in [0.15, 0.2) is 78.4 Å². The first-order chi connectivity index (χ1) is 13.6. The van der Waals surface area contributed by atoms with Crippen molar-refractivity contribution in [1.29, 1.82) is 0 Å². The Bertz CT molecular complexity index is 1030. The standard InChI is InChI=1S/C27H26O/c1-17-24(18-9-5-3-6-10-18)27(19-11-7-4-8-12-19)23-16-15-22(20-13-14-21(20)23)26(27,2)25(17)28/h3-12,15-16,20-23H,13-14H2,1-2H3/t20-,21-,22+,23+,26-,27+/m1/s1. The van der Waals surface area contributed by atoms with Crippen molar-refractivity contribution in [2.75, 3.05) is 0 Å². The smallest absolute Gasteiger partial charge is 0.166 e. The fourth-order valence-electron chi connectivity index (χ4n) is 7.61. The number of rotatable bonds is 2. The molecule has 2 saturated carbocycles. The van der Waals surface area contributed by atoms with Gasteiger partial charge in [0.15, 0.2) is 5.78 Å². The zero-order valence-corrected chi connectivity index (χ0v) is 16.6. The van der Waals surface area contributed by atoms with Gasteiger partial charge in [-0.25, -0.2) is 0 Å². The Morgan fingerprint density at radius 2 is 1.39 bits per heavy atom. The van der Waals surface area contributed by atoms with Crippen LogP contribution in [0.2, 0.25) is 0 Å². The maximum atomic E-state index is 14.0. The summed E-state index contributed by atoms with van der Waals surface area (Å²) in [6.07, 6.45) is 7.47. The highest BCUT2D eigenvalue weighted by Crippen LogP contribution is 2.76. The molecule has 2 aromatic rings. The van der Waals surface area contributed by atoms with Crippen LogP contribution in [-0.2, 0) is 10.2 Å².